The van der Waals surface area contributed by atoms with Crippen LogP contribution in [0.15, 0.2) is 18.2 Å². The fourth-order valence-electron chi connectivity index (χ4n) is 2.37. The molecule has 0 spiro atoms. The van der Waals surface area contributed by atoms with Crippen molar-refractivity contribution in [3.05, 3.63) is 34.1 Å². The summed E-state index contributed by atoms with van der Waals surface area (Å²) in [4.78, 5) is 23.0. The van der Waals surface area contributed by atoms with Gasteiger partial charge in [0.2, 0.25) is 0 Å². The molecule has 0 atom stereocenters. The van der Waals surface area contributed by atoms with Crippen LogP contribution in [0.5, 0.6) is 0 Å². The van der Waals surface area contributed by atoms with Crippen LogP contribution in [0.4, 0.5) is 15.8 Å². The van der Waals surface area contributed by atoms with Gasteiger partial charge in [-0.15, -0.1) is 0 Å². The van der Waals surface area contributed by atoms with E-state index in [1.807, 2.05) is 0 Å². The zero-order valence-corrected chi connectivity index (χ0v) is 11.0. The van der Waals surface area contributed by atoms with E-state index in [4.69, 9.17) is 0 Å². The molecule has 0 aromatic heterocycles. The van der Waals surface area contributed by atoms with Crippen LogP contribution in [0.2, 0.25) is 0 Å². The number of likely N-dealkylation sites (tertiary alicyclic amines) is 1. The first-order chi connectivity index (χ1) is 9.56. The summed E-state index contributed by atoms with van der Waals surface area (Å²) in [5, 5.41) is 13.0. The summed E-state index contributed by atoms with van der Waals surface area (Å²) in [5.74, 6) is -0.987. The average molecular weight is 282 g/mol. The molecule has 1 fully saturated rings. The molecule has 1 heterocycles. The lowest BCUT2D eigenvalue weighted by Crippen LogP contribution is -3.13. The highest BCUT2D eigenvalue weighted by atomic mass is 19.1. The number of carbonyl (C=O) groups is 1. The number of nitro groups is 1. The molecular weight excluding hydrogens is 265 g/mol. The van der Waals surface area contributed by atoms with E-state index in [0.29, 0.717) is 0 Å². The van der Waals surface area contributed by atoms with Crippen LogP contribution >= 0.6 is 0 Å². The molecule has 0 radical (unpaired) electrons. The van der Waals surface area contributed by atoms with E-state index in [1.165, 1.54) is 11.3 Å². The fourth-order valence-corrected chi connectivity index (χ4v) is 2.37. The number of nitrogens with zero attached hydrogens (tertiary/aromatic N) is 1. The molecule has 1 aromatic rings. The molecular formula is C13H17FN3O3+. The maximum atomic E-state index is 13.5. The number of carbonyl (C=O) groups excluding carboxylic acids is 1. The second-order valence-corrected chi connectivity index (χ2v) is 4.96. The molecule has 0 unspecified atom stereocenters. The van der Waals surface area contributed by atoms with Crippen LogP contribution in [0.1, 0.15) is 19.3 Å². The maximum Gasteiger partial charge on any atom is 0.279 e. The van der Waals surface area contributed by atoms with Gasteiger partial charge < -0.3 is 10.2 Å². The van der Waals surface area contributed by atoms with E-state index >= 15 is 0 Å². The van der Waals surface area contributed by atoms with Gasteiger partial charge in [0.05, 0.1) is 23.7 Å². The van der Waals surface area contributed by atoms with E-state index in [2.05, 4.69) is 5.32 Å². The van der Waals surface area contributed by atoms with Gasteiger partial charge in [0.15, 0.2) is 6.54 Å². The zero-order valence-electron chi connectivity index (χ0n) is 11.0. The van der Waals surface area contributed by atoms with Crippen molar-refractivity contribution in [1.82, 2.24) is 0 Å². The monoisotopic (exact) mass is 282 g/mol. The number of non-ortho nitro benzene ring substituents is 1. The molecule has 1 amide bonds. The Bertz CT molecular complexity index is 516. The summed E-state index contributed by atoms with van der Waals surface area (Å²) < 4.78 is 13.5. The second kappa shape index (κ2) is 6.42. The molecule has 2 N–H and O–H groups in total. The van der Waals surface area contributed by atoms with Crippen molar-refractivity contribution in [3.63, 3.8) is 0 Å². The third-order valence-electron chi connectivity index (χ3n) is 3.41. The lowest BCUT2D eigenvalue weighted by molar-refractivity contribution is -0.896. The predicted molar refractivity (Wildman–Crippen MR) is 71.1 cm³/mol. The number of nitro benzene ring substituents is 1. The van der Waals surface area contributed by atoms with Crippen LogP contribution < -0.4 is 10.2 Å². The highest BCUT2D eigenvalue weighted by Crippen LogP contribution is 2.20. The van der Waals surface area contributed by atoms with Crippen molar-refractivity contribution in [1.29, 1.82) is 0 Å². The first-order valence-electron chi connectivity index (χ1n) is 6.63. The van der Waals surface area contributed by atoms with Crippen LogP contribution in [-0.4, -0.2) is 30.5 Å². The lowest BCUT2D eigenvalue weighted by atomic mass is 10.1. The standard InChI is InChI=1S/C13H16FN3O3/c14-11-5-4-10(17(19)20)8-12(11)15-13(18)9-16-6-2-1-3-7-16/h4-5,8H,1-3,6-7,9H2,(H,15,18)/p+1. The largest absolute Gasteiger partial charge is 0.327 e. The van der Waals surface area contributed by atoms with Crippen LogP contribution in [0, 0.1) is 15.9 Å². The van der Waals surface area contributed by atoms with Gasteiger partial charge in [-0.25, -0.2) is 4.39 Å². The molecule has 1 aliphatic rings. The molecule has 6 nitrogen and oxygen atoms in total. The number of anilines is 1. The van der Waals surface area contributed by atoms with Gasteiger partial charge in [-0.1, -0.05) is 0 Å². The Morgan fingerprint density at radius 1 is 1.35 bits per heavy atom. The minimum absolute atomic E-state index is 0.138. The van der Waals surface area contributed by atoms with Gasteiger partial charge in [-0.05, 0) is 25.3 Å². The Labute approximate surface area is 115 Å². The van der Waals surface area contributed by atoms with Crippen LogP contribution in [-0.2, 0) is 4.79 Å². The third-order valence-corrected chi connectivity index (χ3v) is 3.41. The SMILES string of the molecule is O=C(C[NH+]1CCCCC1)Nc1cc([N+](=O)[O-])ccc1F. The Hall–Kier alpha value is -2.02. The number of nitrogens with one attached hydrogen (secondary N) is 2. The zero-order chi connectivity index (χ0) is 14.5. The van der Waals surface area contributed by atoms with Crippen molar-refractivity contribution >= 4 is 17.3 Å². The van der Waals surface area contributed by atoms with E-state index < -0.39 is 10.7 Å². The summed E-state index contributed by atoms with van der Waals surface area (Å²) in [5.41, 5.74) is -0.382. The molecule has 108 valence electrons. The number of rotatable bonds is 4. The molecule has 1 saturated heterocycles. The number of amides is 1. The Balaban J connectivity index is 1.99. The molecule has 0 bridgehead atoms. The number of piperidine rings is 1. The van der Waals surface area contributed by atoms with Gasteiger partial charge >= 0.3 is 0 Å². The van der Waals surface area contributed by atoms with Gasteiger partial charge in [0, 0.05) is 12.1 Å². The molecule has 1 aliphatic heterocycles. The maximum absolute atomic E-state index is 13.5. The lowest BCUT2D eigenvalue weighted by Gasteiger charge is -2.22. The Morgan fingerprint density at radius 3 is 2.70 bits per heavy atom. The summed E-state index contributed by atoms with van der Waals surface area (Å²) in [7, 11) is 0. The normalized spacial score (nSPS) is 15.8. The van der Waals surface area contributed by atoms with Crippen molar-refractivity contribution in [3.8, 4) is 0 Å². The quantitative estimate of drug-likeness (QED) is 0.631. The number of quaternary nitrogens is 1. The fraction of sp³-hybridized carbons (Fsp3) is 0.462. The van der Waals surface area contributed by atoms with Gasteiger partial charge in [-0.3, -0.25) is 14.9 Å². The third kappa shape index (κ3) is 3.74. The smallest absolute Gasteiger partial charge is 0.279 e. The van der Waals surface area contributed by atoms with Crippen molar-refractivity contribution in [2.24, 2.45) is 0 Å². The Morgan fingerprint density at radius 2 is 2.05 bits per heavy atom. The van der Waals surface area contributed by atoms with Gasteiger partial charge in [-0.2, -0.15) is 0 Å². The first-order valence-corrected chi connectivity index (χ1v) is 6.63. The molecule has 20 heavy (non-hydrogen) atoms. The van der Waals surface area contributed by atoms with Crippen LogP contribution in [0.3, 0.4) is 0 Å². The molecule has 1 aromatic carbocycles. The number of hydrogen-bond acceptors (Lipinski definition) is 3. The van der Waals surface area contributed by atoms with Gasteiger partial charge in [0.1, 0.15) is 5.82 Å². The number of halogens is 1. The second-order valence-electron chi connectivity index (χ2n) is 4.96. The van der Waals surface area contributed by atoms with Crippen molar-refractivity contribution in [2.45, 2.75) is 19.3 Å². The predicted octanol–water partition coefficient (Wildman–Crippen LogP) is 0.741. The summed E-state index contributed by atoms with van der Waals surface area (Å²) >= 11 is 0. The molecule has 0 saturated carbocycles. The first kappa shape index (κ1) is 14.4. The highest BCUT2D eigenvalue weighted by Gasteiger charge is 2.19. The van der Waals surface area contributed by atoms with E-state index in [1.54, 1.807) is 0 Å². The summed E-state index contributed by atoms with van der Waals surface area (Å²) in [6.45, 7) is 2.14. The summed E-state index contributed by atoms with van der Waals surface area (Å²) in [6.07, 6.45) is 3.37. The Kier molecular flexibility index (Phi) is 4.62. The molecule has 2 rings (SSSR count). The average Bonchev–Trinajstić information content (AvgIpc) is 2.42. The minimum Gasteiger partial charge on any atom is -0.327 e. The van der Waals surface area contributed by atoms with Crippen molar-refractivity contribution < 1.29 is 19.0 Å². The molecule has 0 aliphatic carbocycles. The topological polar surface area (TPSA) is 76.7 Å². The highest BCUT2D eigenvalue weighted by molar-refractivity contribution is 5.91. The van der Waals surface area contributed by atoms with Crippen LogP contribution in [0.25, 0.3) is 0 Å². The van der Waals surface area contributed by atoms with Gasteiger partial charge in [0.25, 0.3) is 11.6 Å². The van der Waals surface area contributed by atoms with E-state index in [9.17, 15) is 19.3 Å². The summed E-state index contributed by atoms with van der Waals surface area (Å²) in [6, 6.07) is 3.10. The van der Waals surface area contributed by atoms with E-state index in [-0.39, 0.29) is 23.8 Å². The minimum atomic E-state index is -0.669. The van der Waals surface area contributed by atoms with Crippen molar-refractivity contribution in [2.75, 3.05) is 25.0 Å². The number of benzene rings is 1. The van der Waals surface area contributed by atoms with E-state index in [0.717, 1.165) is 44.1 Å². The molecule has 7 heteroatoms. The number of hydrogen-bond donors (Lipinski definition) is 2.